The Morgan fingerprint density at radius 3 is 2.57 bits per heavy atom. The molecular weight excluding hydrogens is 276 g/mol. The van der Waals surface area contributed by atoms with E-state index in [2.05, 4.69) is 26.1 Å². The molecule has 0 aliphatic carbocycles. The van der Waals surface area contributed by atoms with E-state index in [1.807, 2.05) is 20.8 Å². The summed E-state index contributed by atoms with van der Waals surface area (Å²) >= 11 is 0. The Bertz CT molecular complexity index is 475. The monoisotopic (exact) mass is 298 g/mol. The summed E-state index contributed by atoms with van der Waals surface area (Å²) in [6, 6.07) is 0. The molecule has 1 aromatic rings. The first-order valence-corrected chi connectivity index (χ1v) is 6.60. The fraction of sp³-hybridized carbons (Fsp3) is 0.667. The zero-order valence-corrected chi connectivity index (χ0v) is 12.8. The number of ether oxygens (including phenoxy) is 1. The number of hydrogen-bond donors (Lipinski definition) is 3. The molecule has 0 aliphatic rings. The summed E-state index contributed by atoms with van der Waals surface area (Å²) in [7, 11) is 1.60. The van der Waals surface area contributed by atoms with Gasteiger partial charge in [0, 0.05) is 25.8 Å². The van der Waals surface area contributed by atoms with E-state index in [-0.39, 0.29) is 22.9 Å². The van der Waals surface area contributed by atoms with Crippen molar-refractivity contribution in [1.29, 1.82) is 0 Å². The van der Waals surface area contributed by atoms with Crippen LogP contribution in [0, 0.1) is 10.1 Å². The fourth-order valence-corrected chi connectivity index (χ4v) is 1.44. The van der Waals surface area contributed by atoms with Gasteiger partial charge in [-0.25, -0.2) is 15.4 Å². The first kappa shape index (κ1) is 17.1. The van der Waals surface area contributed by atoms with Gasteiger partial charge in [0.05, 0.1) is 4.92 Å². The molecule has 0 atom stereocenters. The number of nitrogens with zero attached hydrogens (tertiary/aromatic N) is 3. The Labute approximate surface area is 123 Å². The van der Waals surface area contributed by atoms with Crippen molar-refractivity contribution in [3.05, 3.63) is 16.4 Å². The van der Waals surface area contributed by atoms with Gasteiger partial charge in [-0.05, 0) is 27.2 Å². The quantitative estimate of drug-likeness (QED) is 0.376. The molecule has 0 aromatic carbocycles. The molecule has 0 radical (unpaired) electrons. The highest BCUT2D eigenvalue weighted by Crippen LogP contribution is 2.28. The maximum absolute atomic E-state index is 11.2. The van der Waals surface area contributed by atoms with E-state index in [1.54, 1.807) is 7.11 Å². The molecule has 9 nitrogen and oxygen atoms in total. The second-order valence-corrected chi connectivity index (χ2v) is 5.45. The smallest absolute Gasteiger partial charge is 0.354 e. The predicted molar refractivity (Wildman–Crippen MR) is 80.2 cm³/mol. The summed E-state index contributed by atoms with van der Waals surface area (Å²) < 4.78 is 4.93. The van der Waals surface area contributed by atoms with Crippen LogP contribution in [0.15, 0.2) is 6.33 Å². The Morgan fingerprint density at radius 2 is 2.00 bits per heavy atom. The van der Waals surface area contributed by atoms with Crippen LogP contribution in [0.2, 0.25) is 0 Å². The average Bonchev–Trinajstić information content (AvgIpc) is 2.40. The molecule has 21 heavy (non-hydrogen) atoms. The van der Waals surface area contributed by atoms with E-state index in [1.165, 1.54) is 6.33 Å². The molecule has 1 aromatic heterocycles. The van der Waals surface area contributed by atoms with Gasteiger partial charge in [0.1, 0.15) is 6.33 Å². The number of anilines is 2. The largest absolute Gasteiger partial charge is 0.385 e. The Kier molecular flexibility index (Phi) is 6.25. The van der Waals surface area contributed by atoms with Gasteiger partial charge in [0.25, 0.3) is 0 Å². The molecule has 0 fully saturated rings. The van der Waals surface area contributed by atoms with Gasteiger partial charge in [-0.2, -0.15) is 0 Å². The third-order valence-corrected chi connectivity index (χ3v) is 2.38. The highest BCUT2D eigenvalue weighted by atomic mass is 16.6. The SMILES string of the molecule is COCCCNc1ncnc(NNC(C)(C)C)c1[N+](=O)[O-]. The standard InChI is InChI=1S/C12H22N6O3/c1-12(2,3)17-16-11-9(18(19)20)10(14-8-15-11)13-6-5-7-21-4/h8,17H,5-7H2,1-4H3,(H2,13,14,15,16). The van der Waals surface area contributed by atoms with Gasteiger partial charge < -0.3 is 10.1 Å². The summed E-state index contributed by atoms with van der Waals surface area (Å²) in [5, 5.41) is 14.2. The van der Waals surface area contributed by atoms with Gasteiger partial charge in [0.2, 0.25) is 11.6 Å². The molecule has 1 rings (SSSR count). The van der Waals surface area contributed by atoms with Crippen molar-refractivity contribution in [2.45, 2.75) is 32.7 Å². The minimum Gasteiger partial charge on any atom is -0.385 e. The first-order valence-electron chi connectivity index (χ1n) is 6.60. The molecule has 3 N–H and O–H groups in total. The highest BCUT2D eigenvalue weighted by molar-refractivity contribution is 5.68. The van der Waals surface area contributed by atoms with E-state index in [4.69, 9.17) is 4.74 Å². The number of nitro groups is 1. The van der Waals surface area contributed by atoms with Gasteiger partial charge in [-0.3, -0.25) is 15.5 Å². The summed E-state index contributed by atoms with van der Waals surface area (Å²) in [4.78, 5) is 18.6. The minimum absolute atomic E-state index is 0.124. The van der Waals surface area contributed by atoms with Crippen LogP contribution in [0.4, 0.5) is 17.3 Å². The van der Waals surface area contributed by atoms with Crippen LogP contribution < -0.4 is 16.2 Å². The van der Waals surface area contributed by atoms with Crippen LogP contribution in [0.1, 0.15) is 27.2 Å². The van der Waals surface area contributed by atoms with E-state index in [0.717, 1.165) is 6.42 Å². The van der Waals surface area contributed by atoms with E-state index in [9.17, 15) is 10.1 Å². The lowest BCUT2D eigenvalue weighted by atomic mass is 10.1. The minimum atomic E-state index is -0.509. The number of nitrogens with one attached hydrogen (secondary N) is 3. The van der Waals surface area contributed by atoms with Crippen LogP contribution >= 0.6 is 0 Å². The lowest BCUT2D eigenvalue weighted by Gasteiger charge is -2.21. The van der Waals surface area contributed by atoms with Crippen LogP contribution in [0.25, 0.3) is 0 Å². The average molecular weight is 298 g/mol. The van der Waals surface area contributed by atoms with E-state index >= 15 is 0 Å². The molecule has 0 aliphatic heterocycles. The van der Waals surface area contributed by atoms with Crippen molar-refractivity contribution < 1.29 is 9.66 Å². The van der Waals surface area contributed by atoms with Crippen LogP contribution in [0.5, 0.6) is 0 Å². The van der Waals surface area contributed by atoms with E-state index in [0.29, 0.717) is 13.2 Å². The van der Waals surface area contributed by atoms with Crippen LogP contribution in [-0.4, -0.2) is 40.7 Å². The number of rotatable bonds is 8. The molecule has 118 valence electrons. The Balaban J connectivity index is 2.85. The topological polar surface area (TPSA) is 114 Å². The van der Waals surface area contributed by atoms with Gasteiger partial charge in [-0.1, -0.05) is 0 Å². The van der Waals surface area contributed by atoms with E-state index < -0.39 is 4.92 Å². The van der Waals surface area contributed by atoms with Crippen LogP contribution in [0.3, 0.4) is 0 Å². The molecule has 0 amide bonds. The number of hydrazine groups is 1. The second kappa shape index (κ2) is 7.70. The molecule has 9 heteroatoms. The van der Waals surface area contributed by atoms with Crippen molar-refractivity contribution in [3.8, 4) is 0 Å². The summed E-state index contributed by atoms with van der Waals surface area (Å²) in [5.41, 5.74) is 5.27. The molecular formula is C12H22N6O3. The van der Waals surface area contributed by atoms with Gasteiger partial charge in [0.15, 0.2) is 0 Å². The second-order valence-electron chi connectivity index (χ2n) is 5.45. The molecule has 0 bridgehead atoms. The summed E-state index contributed by atoms with van der Waals surface area (Å²) in [5.74, 6) is 0.309. The third kappa shape index (κ3) is 5.88. The van der Waals surface area contributed by atoms with Crippen molar-refractivity contribution in [2.75, 3.05) is 31.0 Å². The molecule has 1 heterocycles. The van der Waals surface area contributed by atoms with Crippen molar-refractivity contribution in [3.63, 3.8) is 0 Å². The molecule has 0 saturated carbocycles. The van der Waals surface area contributed by atoms with Crippen LogP contribution in [-0.2, 0) is 4.74 Å². The summed E-state index contributed by atoms with van der Waals surface area (Å²) in [6.45, 7) is 6.88. The van der Waals surface area contributed by atoms with Crippen molar-refractivity contribution in [1.82, 2.24) is 15.4 Å². The zero-order valence-electron chi connectivity index (χ0n) is 12.8. The predicted octanol–water partition coefficient (Wildman–Crippen LogP) is 1.55. The third-order valence-electron chi connectivity index (χ3n) is 2.38. The number of aromatic nitrogens is 2. The molecule has 0 unspecified atom stereocenters. The van der Waals surface area contributed by atoms with Gasteiger partial charge >= 0.3 is 5.69 Å². The molecule has 0 spiro atoms. The Morgan fingerprint density at radius 1 is 1.33 bits per heavy atom. The zero-order chi connectivity index (χ0) is 15.9. The summed E-state index contributed by atoms with van der Waals surface area (Å²) in [6.07, 6.45) is 2.00. The maximum Gasteiger partial charge on any atom is 0.354 e. The molecule has 0 saturated heterocycles. The lowest BCUT2D eigenvalue weighted by Crippen LogP contribution is -2.40. The van der Waals surface area contributed by atoms with Crippen molar-refractivity contribution in [2.24, 2.45) is 0 Å². The fourth-order valence-electron chi connectivity index (χ4n) is 1.44. The Hall–Kier alpha value is -2.00. The number of methoxy groups -OCH3 is 1. The lowest BCUT2D eigenvalue weighted by molar-refractivity contribution is -0.383. The van der Waals surface area contributed by atoms with Crippen molar-refractivity contribution >= 4 is 17.3 Å². The number of hydrogen-bond acceptors (Lipinski definition) is 8. The van der Waals surface area contributed by atoms with Gasteiger partial charge in [-0.15, -0.1) is 0 Å². The normalized spacial score (nSPS) is 11.2. The maximum atomic E-state index is 11.2. The first-order chi connectivity index (χ1) is 9.85. The highest BCUT2D eigenvalue weighted by Gasteiger charge is 2.23.